The molecule has 0 radical (unpaired) electrons. The second kappa shape index (κ2) is 10.2. The van der Waals surface area contributed by atoms with Crippen LogP contribution in [0.5, 0.6) is 0 Å². The number of methoxy groups -OCH3 is 1. The molecule has 0 spiro atoms. The molecule has 1 amide bonds. The fourth-order valence-corrected chi connectivity index (χ4v) is 5.11. The summed E-state index contributed by atoms with van der Waals surface area (Å²) in [5.41, 5.74) is 4.86. The zero-order chi connectivity index (χ0) is 24.2. The van der Waals surface area contributed by atoms with Crippen molar-refractivity contribution in [2.45, 2.75) is 19.0 Å². The number of anilines is 1. The molecular weight excluding hydrogens is 470 g/mol. The Balaban J connectivity index is 1.52. The lowest BCUT2D eigenvalue weighted by molar-refractivity contribution is -0.113. The molecular formula is C24H23N5O3S2. The van der Waals surface area contributed by atoms with Crippen LogP contribution in [0, 0.1) is 13.8 Å². The van der Waals surface area contributed by atoms with Gasteiger partial charge in [-0.25, -0.2) is 4.79 Å². The maximum atomic E-state index is 12.8. The van der Waals surface area contributed by atoms with Gasteiger partial charge >= 0.3 is 5.97 Å². The number of benzene rings is 1. The predicted octanol–water partition coefficient (Wildman–Crippen LogP) is 4.74. The van der Waals surface area contributed by atoms with Crippen molar-refractivity contribution < 1.29 is 14.3 Å². The number of ether oxygens (including phenoxy) is 1. The van der Waals surface area contributed by atoms with Crippen LogP contribution < -0.4 is 5.32 Å². The highest BCUT2D eigenvalue weighted by atomic mass is 32.2. The van der Waals surface area contributed by atoms with Crippen molar-refractivity contribution in [3.8, 4) is 22.6 Å². The number of thiophene rings is 1. The Kier molecular flexibility index (Phi) is 7.09. The first kappa shape index (κ1) is 23.7. The van der Waals surface area contributed by atoms with Gasteiger partial charge in [0.25, 0.3) is 0 Å². The second-order valence-electron chi connectivity index (χ2n) is 7.58. The van der Waals surface area contributed by atoms with Crippen LogP contribution in [0.15, 0.2) is 53.1 Å². The largest absolute Gasteiger partial charge is 0.465 e. The Morgan fingerprint density at radius 1 is 1.15 bits per heavy atom. The number of hydrogen-bond donors (Lipinski definition) is 1. The molecule has 0 bridgehead atoms. The van der Waals surface area contributed by atoms with E-state index in [0.717, 1.165) is 22.3 Å². The first-order chi connectivity index (χ1) is 16.4. The molecule has 0 aliphatic heterocycles. The molecule has 0 aliphatic carbocycles. The number of aryl methyl sites for hydroxylation is 2. The van der Waals surface area contributed by atoms with E-state index < -0.39 is 5.97 Å². The Bertz CT molecular complexity index is 1350. The summed E-state index contributed by atoms with van der Waals surface area (Å²) in [5.74, 6) is -0.0286. The number of carbonyl (C=O) groups is 2. The van der Waals surface area contributed by atoms with Gasteiger partial charge in [0.05, 0.1) is 12.9 Å². The number of nitrogens with zero attached hydrogens (tertiary/aromatic N) is 4. The highest BCUT2D eigenvalue weighted by Gasteiger charge is 2.23. The lowest BCUT2D eigenvalue weighted by atomic mass is 9.97. The lowest BCUT2D eigenvalue weighted by Gasteiger charge is -2.10. The quantitative estimate of drug-likeness (QED) is 0.293. The average molecular weight is 494 g/mol. The van der Waals surface area contributed by atoms with E-state index in [-0.39, 0.29) is 11.7 Å². The van der Waals surface area contributed by atoms with Gasteiger partial charge in [-0.15, -0.1) is 21.5 Å². The maximum Gasteiger partial charge on any atom is 0.341 e. The molecule has 0 unspecified atom stereocenters. The number of nitrogens with one attached hydrogen (secondary N) is 1. The van der Waals surface area contributed by atoms with Crippen LogP contribution in [0.25, 0.3) is 22.6 Å². The Hall–Kier alpha value is -3.50. The number of hydrogen-bond acceptors (Lipinski definition) is 8. The molecule has 0 saturated carbocycles. The standard InChI is InChI=1S/C24H23N5O3S2/c1-14-8-9-15(2)16(11-14)17-12-33-22(20(17)23(31)32-4)26-19(30)13-34-24-28-27-21(29(24)3)18-7-5-6-10-25-18/h5-12H,13H2,1-4H3,(H,26,30). The summed E-state index contributed by atoms with van der Waals surface area (Å²) >= 11 is 2.56. The summed E-state index contributed by atoms with van der Waals surface area (Å²) in [6, 6.07) is 11.6. The minimum atomic E-state index is -0.492. The van der Waals surface area contributed by atoms with E-state index in [0.29, 0.717) is 27.2 Å². The van der Waals surface area contributed by atoms with Gasteiger partial charge in [-0.2, -0.15) is 0 Å². The van der Waals surface area contributed by atoms with Crippen molar-refractivity contribution in [1.29, 1.82) is 0 Å². The van der Waals surface area contributed by atoms with Gasteiger partial charge in [-0.1, -0.05) is 41.6 Å². The fourth-order valence-electron chi connectivity index (χ4n) is 3.43. The molecule has 4 rings (SSSR count). The number of rotatable bonds is 7. The minimum Gasteiger partial charge on any atom is -0.465 e. The van der Waals surface area contributed by atoms with E-state index in [1.54, 1.807) is 10.8 Å². The molecule has 0 atom stereocenters. The zero-order valence-corrected chi connectivity index (χ0v) is 20.8. The number of amides is 1. The molecule has 1 aromatic carbocycles. The molecule has 8 nitrogen and oxygen atoms in total. The van der Waals surface area contributed by atoms with Crippen molar-refractivity contribution >= 4 is 40.0 Å². The van der Waals surface area contributed by atoms with Crippen LogP contribution >= 0.6 is 23.1 Å². The van der Waals surface area contributed by atoms with Crippen LogP contribution in [-0.4, -0.2) is 44.5 Å². The first-order valence-electron chi connectivity index (χ1n) is 10.4. The lowest BCUT2D eigenvalue weighted by Crippen LogP contribution is -2.16. The topological polar surface area (TPSA) is 99.0 Å². The summed E-state index contributed by atoms with van der Waals surface area (Å²) in [6.07, 6.45) is 1.69. The number of esters is 1. The zero-order valence-electron chi connectivity index (χ0n) is 19.2. The Morgan fingerprint density at radius 2 is 1.97 bits per heavy atom. The summed E-state index contributed by atoms with van der Waals surface area (Å²) in [5, 5.41) is 14.2. The van der Waals surface area contributed by atoms with Crippen LogP contribution in [-0.2, 0) is 16.6 Å². The van der Waals surface area contributed by atoms with Gasteiger partial charge in [0, 0.05) is 24.2 Å². The second-order valence-corrected chi connectivity index (χ2v) is 9.40. The first-order valence-corrected chi connectivity index (χ1v) is 12.3. The molecule has 4 aromatic rings. The van der Waals surface area contributed by atoms with E-state index in [2.05, 4.69) is 20.5 Å². The monoisotopic (exact) mass is 493 g/mol. The minimum absolute atomic E-state index is 0.103. The summed E-state index contributed by atoms with van der Waals surface area (Å²) in [4.78, 5) is 29.7. The van der Waals surface area contributed by atoms with Crippen molar-refractivity contribution in [2.24, 2.45) is 7.05 Å². The van der Waals surface area contributed by atoms with Gasteiger partial charge in [-0.05, 0) is 37.1 Å². The highest BCUT2D eigenvalue weighted by Crippen LogP contribution is 2.38. The van der Waals surface area contributed by atoms with E-state index in [1.165, 1.54) is 30.2 Å². The highest BCUT2D eigenvalue weighted by molar-refractivity contribution is 7.99. The van der Waals surface area contributed by atoms with Crippen molar-refractivity contribution in [2.75, 3.05) is 18.2 Å². The number of carbonyl (C=O) groups excluding carboxylic acids is 2. The molecule has 3 aromatic heterocycles. The fraction of sp³-hybridized carbons (Fsp3) is 0.208. The summed E-state index contributed by atoms with van der Waals surface area (Å²) in [7, 11) is 3.16. The smallest absolute Gasteiger partial charge is 0.341 e. The average Bonchev–Trinajstić information content (AvgIpc) is 3.42. The molecule has 3 heterocycles. The number of aromatic nitrogens is 4. The third kappa shape index (κ3) is 4.87. The third-order valence-electron chi connectivity index (χ3n) is 5.18. The van der Waals surface area contributed by atoms with Crippen molar-refractivity contribution in [3.63, 3.8) is 0 Å². The van der Waals surface area contributed by atoms with Crippen LogP contribution in [0.1, 0.15) is 21.5 Å². The molecule has 10 heteroatoms. The molecule has 174 valence electrons. The summed E-state index contributed by atoms with van der Waals surface area (Å²) < 4.78 is 6.82. The molecule has 34 heavy (non-hydrogen) atoms. The van der Waals surface area contributed by atoms with Gasteiger partial charge in [-0.3, -0.25) is 9.78 Å². The van der Waals surface area contributed by atoms with Gasteiger partial charge in [0.1, 0.15) is 16.3 Å². The van der Waals surface area contributed by atoms with Crippen LogP contribution in [0.4, 0.5) is 5.00 Å². The molecule has 0 fully saturated rings. The Labute approximate surface area is 205 Å². The number of pyridine rings is 1. The van der Waals surface area contributed by atoms with Gasteiger partial charge in [0.15, 0.2) is 11.0 Å². The van der Waals surface area contributed by atoms with E-state index in [4.69, 9.17) is 4.74 Å². The number of thioether (sulfide) groups is 1. The SMILES string of the molecule is COC(=O)c1c(-c2cc(C)ccc2C)csc1NC(=O)CSc1nnc(-c2ccccn2)n1C. The normalized spacial score (nSPS) is 10.8. The molecule has 1 N–H and O–H groups in total. The predicted molar refractivity (Wildman–Crippen MR) is 134 cm³/mol. The van der Waals surface area contributed by atoms with E-state index in [9.17, 15) is 9.59 Å². The Morgan fingerprint density at radius 3 is 2.71 bits per heavy atom. The van der Waals surface area contributed by atoms with Crippen LogP contribution in [0.3, 0.4) is 0 Å². The van der Waals surface area contributed by atoms with Crippen molar-refractivity contribution in [1.82, 2.24) is 19.7 Å². The molecule has 0 saturated heterocycles. The van der Waals surface area contributed by atoms with Gasteiger partial charge in [0.2, 0.25) is 5.91 Å². The molecule has 0 aliphatic rings. The van der Waals surface area contributed by atoms with E-state index >= 15 is 0 Å². The summed E-state index contributed by atoms with van der Waals surface area (Å²) in [6.45, 7) is 3.99. The maximum absolute atomic E-state index is 12.8. The third-order valence-corrected chi connectivity index (χ3v) is 7.09. The van der Waals surface area contributed by atoms with Gasteiger partial charge < -0.3 is 14.6 Å². The van der Waals surface area contributed by atoms with Crippen molar-refractivity contribution in [3.05, 3.63) is 64.7 Å². The van der Waals surface area contributed by atoms with E-state index in [1.807, 2.05) is 62.7 Å². The van der Waals surface area contributed by atoms with Crippen LogP contribution in [0.2, 0.25) is 0 Å².